The molecular weight excluding hydrogens is 420 g/mol. The van der Waals surface area contributed by atoms with Gasteiger partial charge in [-0.15, -0.1) is 11.3 Å². The number of benzene rings is 1. The van der Waals surface area contributed by atoms with Crippen molar-refractivity contribution >= 4 is 17.4 Å². The number of hydrogen-bond acceptors (Lipinski definition) is 5. The summed E-state index contributed by atoms with van der Waals surface area (Å²) in [7, 11) is 0. The van der Waals surface area contributed by atoms with E-state index < -0.39 is 0 Å². The van der Waals surface area contributed by atoms with E-state index in [-0.39, 0.29) is 16.9 Å². The molecule has 0 bridgehead atoms. The van der Waals surface area contributed by atoms with Crippen LogP contribution in [0.15, 0.2) is 29.9 Å². The SMILES string of the molecule is CC(C)(C)c1cc(OCCC2CCN(C(=O)OCc3cncs3)CC2)cc(C(C)(C)C)c1. The number of likely N-dealkylation sites (tertiary alicyclic amines) is 1. The first-order chi connectivity index (χ1) is 15.0. The van der Waals surface area contributed by atoms with E-state index in [9.17, 15) is 4.79 Å². The lowest BCUT2D eigenvalue weighted by atomic mass is 9.80. The van der Waals surface area contributed by atoms with Crippen LogP contribution in [0.25, 0.3) is 0 Å². The molecule has 1 aromatic heterocycles. The largest absolute Gasteiger partial charge is 0.494 e. The van der Waals surface area contributed by atoms with E-state index in [1.807, 2.05) is 4.90 Å². The van der Waals surface area contributed by atoms with Gasteiger partial charge in [0.15, 0.2) is 0 Å². The van der Waals surface area contributed by atoms with Crippen LogP contribution in [0.1, 0.15) is 76.8 Å². The number of ether oxygens (including phenoxy) is 2. The van der Waals surface area contributed by atoms with Crippen LogP contribution in [0, 0.1) is 5.92 Å². The van der Waals surface area contributed by atoms with Gasteiger partial charge in [0.05, 0.1) is 17.0 Å². The van der Waals surface area contributed by atoms with Crippen molar-refractivity contribution in [1.82, 2.24) is 9.88 Å². The molecule has 176 valence electrons. The maximum atomic E-state index is 12.3. The van der Waals surface area contributed by atoms with Crippen LogP contribution in [-0.2, 0) is 22.2 Å². The zero-order valence-corrected chi connectivity index (χ0v) is 21.3. The summed E-state index contributed by atoms with van der Waals surface area (Å²) in [6.07, 6.45) is 4.52. The fourth-order valence-corrected chi connectivity index (χ4v) is 4.34. The van der Waals surface area contributed by atoms with E-state index in [1.165, 1.54) is 22.5 Å². The Bertz CT molecular complexity index is 841. The molecule has 0 N–H and O–H groups in total. The number of piperidine rings is 1. The summed E-state index contributed by atoms with van der Waals surface area (Å²) >= 11 is 1.50. The maximum Gasteiger partial charge on any atom is 0.410 e. The Kier molecular flexibility index (Phi) is 7.86. The molecule has 1 aliphatic rings. The summed E-state index contributed by atoms with van der Waals surface area (Å²) in [5.41, 5.74) is 4.54. The molecule has 2 heterocycles. The first kappa shape index (κ1) is 24.6. The minimum absolute atomic E-state index is 0.0841. The van der Waals surface area contributed by atoms with E-state index in [4.69, 9.17) is 9.47 Å². The Balaban J connectivity index is 1.46. The minimum Gasteiger partial charge on any atom is -0.494 e. The van der Waals surface area contributed by atoms with Gasteiger partial charge in [-0.25, -0.2) is 4.79 Å². The molecule has 1 saturated heterocycles. The van der Waals surface area contributed by atoms with Gasteiger partial charge >= 0.3 is 6.09 Å². The van der Waals surface area contributed by atoms with Gasteiger partial charge < -0.3 is 14.4 Å². The second kappa shape index (κ2) is 10.2. The number of carbonyl (C=O) groups excluding carboxylic acids is 1. The third kappa shape index (κ3) is 6.96. The van der Waals surface area contributed by atoms with Gasteiger partial charge in [0.25, 0.3) is 0 Å². The lowest BCUT2D eigenvalue weighted by Crippen LogP contribution is -2.39. The summed E-state index contributed by atoms with van der Waals surface area (Å²) in [6, 6.07) is 6.70. The Labute approximate surface area is 197 Å². The maximum absolute atomic E-state index is 12.3. The van der Waals surface area contributed by atoms with Crippen molar-refractivity contribution < 1.29 is 14.3 Å². The second-order valence-corrected chi connectivity index (χ2v) is 11.8. The van der Waals surface area contributed by atoms with Crippen LogP contribution < -0.4 is 4.74 Å². The predicted molar refractivity (Wildman–Crippen MR) is 131 cm³/mol. The third-order valence-corrected chi connectivity index (χ3v) is 6.88. The topological polar surface area (TPSA) is 51.7 Å². The highest BCUT2D eigenvalue weighted by Crippen LogP contribution is 2.33. The number of rotatable bonds is 6. The molecule has 0 spiro atoms. The highest BCUT2D eigenvalue weighted by atomic mass is 32.1. The number of nitrogens with zero attached hydrogens (tertiary/aromatic N) is 2. The fourth-order valence-electron chi connectivity index (χ4n) is 3.83. The van der Waals surface area contributed by atoms with Crippen molar-refractivity contribution in [3.8, 4) is 5.75 Å². The number of carbonyl (C=O) groups is 1. The van der Waals surface area contributed by atoms with Crippen LogP contribution in [0.3, 0.4) is 0 Å². The summed E-state index contributed by atoms with van der Waals surface area (Å²) in [4.78, 5) is 19.1. The first-order valence-corrected chi connectivity index (χ1v) is 12.5. The van der Waals surface area contributed by atoms with Crippen molar-refractivity contribution in [2.24, 2.45) is 5.92 Å². The quantitative estimate of drug-likeness (QED) is 0.492. The normalized spacial score (nSPS) is 15.6. The van der Waals surface area contributed by atoms with Crippen LogP contribution >= 0.6 is 11.3 Å². The Morgan fingerprint density at radius 1 is 1.06 bits per heavy atom. The average Bonchev–Trinajstić information content (AvgIpc) is 3.25. The standard InChI is InChI=1S/C26H38N2O3S/c1-25(2,3)20-13-21(26(4,5)6)15-22(14-20)30-12-9-19-7-10-28(11-8-19)24(29)31-17-23-16-27-18-32-23/h13-16,18-19H,7-12,17H2,1-6H3. The lowest BCUT2D eigenvalue weighted by molar-refractivity contribution is 0.0806. The van der Waals surface area contributed by atoms with E-state index in [0.29, 0.717) is 19.1 Å². The van der Waals surface area contributed by atoms with E-state index in [2.05, 4.69) is 64.7 Å². The van der Waals surface area contributed by atoms with Gasteiger partial charge in [0, 0.05) is 19.3 Å². The number of hydrogen-bond donors (Lipinski definition) is 0. The summed E-state index contributed by atoms with van der Waals surface area (Å²) in [5.74, 6) is 1.54. The van der Waals surface area contributed by atoms with Gasteiger partial charge in [0.1, 0.15) is 12.4 Å². The Morgan fingerprint density at radius 3 is 2.22 bits per heavy atom. The molecule has 0 saturated carbocycles. The third-order valence-electron chi connectivity index (χ3n) is 6.13. The molecule has 0 unspecified atom stereocenters. The monoisotopic (exact) mass is 458 g/mol. The summed E-state index contributed by atoms with van der Waals surface area (Å²) in [6.45, 7) is 16.0. The van der Waals surface area contributed by atoms with Gasteiger partial charge in [-0.05, 0) is 59.3 Å². The van der Waals surface area contributed by atoms with Crippen LogP contribution in [0.2, 0.25) is 0 Å². The Morgan fingerprint density at radius 2 is 1.69 bits per heavy atom. The molecule has 5 nitrogen and oxygen atoms in total. The van der Waals surface area contributed by atoms with Crippen molar-refractivity contribution in [3.63, 3.8) is 0 Å². The minimum atomic E-state index is -0.221. The molecular formula is C26H38N2O3S. The Hall–Kier alpha value is -2.08. The van der Waals surface area contributed by atoms with Crippen molar-refractivity contribution in [2.45, 2.75) is 78.2 Å². The van der Waals surface area contributed by atoms with Crippen molar-refractivity contribution in [1.29, 1.82) is 0 Å². The first-order valence-electron chi connectivity index (χ1n) is 11.6. The number of thiazole rings is 1. The number of aromatic nitrogens is 1. The van der Waals surface area contributed by atoms with Gasteiger partial charge in [-0.3, -0.25) is 4.98 Å². The fraction of sp³-hybridized carbons (Fsp3) is 0.615. The molecule has 0 radical (unpaired) electrons. The zero-order chi connectivity index (χ0) is 23.4. The van der Waals surface area contributed by atoms with Crippen molar-refractivity contribution in [3.05, 3.63) is 45.9 Å². The molecule has 32 heavy (non-hydrogen) atoms. The predicted octanol–water partition coefficient (Wildman–Crippen LogP) is 6.56. The number of amides is 1. The molecule has 3 rings (SSSR count). The average molecular weight is 459 g/mol. The van der Waals surface area contributed by atoms with E-state index in [0.717, 1.165) is 43.0 Å². The molecule has 6 heteroatoms. The second-order valence-electron chi connectivity index (χ2n) is 10.8. The molecule has 1 amide bonds. The molecule has 2 aromatic rings. The highest BCUT2D eigenvalue weighted by molar-refractivity contribution is 7.09. The smallest absolute Gasteiger partial charge is 0.410 e. The van der Waals surface area contributed by atoms with Gasteiger partial charge in [-0.2, -0.15) is 0 Å². The van der Waals surface area contributed by atoms with E-state index in [1.54, 1.807) is 11.7 Å². The van der Waals surface area contributed by atoms with Crippen LogP contribution in [0.5, 0.6) is 5.75 Å². The van der Waals surface area contributed by atoms with Crippen LogP contribution in [0.4, 0.5) is 4.79 Å². The molecule has 1 fully saturated rings. The lowest BCUT2D eigenvalue weighted by Gasteiger charge is -2.31. The molecule has 0 aliphatic carbocycles. The zero-order valence-electron chi connectivity index (χ0n) is 20.4. The molecule has 1 aromatic carbocycles. The van der Waals surface area contributed by atoms with E-state index >= 15 is 0 Å². The van der Waals surface area contributed by atoms with Gasteiger partial charge in [0.2, 0.25) is 0 Å². The highest BCUT2D eigenvalue weighted by Gasteiger charge is 2.24. The molecule has 0 atom stereocenters. The van der Waals surface area contributed by atoms with Crippen molar-refractivity contribution in [2.75, 3.05) is 19.7 Å². The van der Waals surface area contributed by atoms with Crippen LogP contribution in [-0.4, -0.2) is 35.7 Å². The molecule has 1 aliphatic heterocycles. The summed E-state index contributed by atoms with van der Waals surface area (Å²) < 4.78 is 11.6. The summed E-state index contributed by atoms with van der Waals surface area (Å²) in [5, 5.41) is 0. The van der Waals surface area contributed by atoms with Gasteiger partial charge in [-0.1, -0.05) is 47.6 Å².